The predicted octanol–water partition coefficient (Wildman–Crippen LogP) is 4.91. The van der Waals surface area contributed by atoms with Gasteiger partial charge in [-0.3, -0.25) is 4.98 Å². The SMILES string of the molecule is Nc1ncnc2c1ccn2[C@@H]1C[C@H](CCc2ccc3cc(C#Cc4ccccc4)cnc3c2)[C@@H](O)C1. The zero-order valence-corrected chi connectivity index (χ0v) is 19.9. The first kappa shape index (κ1) is 22.3. The lowest BCUT2D eigenvalue weighted by Gasteiger charge is -2.15. The summed E-state index contributed by atoms with van der Waals surface area (Å²) in [5.41, 5.74) is 10.9. The van der Waals surface area contributed by atoms with Gasteiger partial charge in [0.2, 0.25) is 0 Å². The number of aryl methyl sites for hydroxylation is 1. The lowest BCUT2D eigenvalue weighted by Crippen LogP contribution is -2.13. The van der Waals surface area contributed by atoms with Crippen molar-refractivity contribution in [3.8, 4) is 11.8 Å². The molecule has 3 atom stereocenters. The van der Waals surface area contributed by atoms with Crippen molar-refractivity contribution in [3.05, 3.63) is 96.1 Å². The summed E-state index contributed by atoms with van der Waals surface area (Å²) in [5.74, 6) is 7.13. The Morgan fingerprint density at radius 1 is 0.944 bits per heavy atom. The lowest BCUT2D eigenvalue weighted by atomic mass is 9.95. The number of pyridine rings is 1. The number of nitrogens with two attached hydrogens (primary N) is 1. The topological polar surface area (TPSA) is 89.9 Å². The molecule has 3 N–H and O–H groups in total. The first-order valence-electron chi connectivity index (χ1n) is 12.3. The van der Waals surface area contributed by atoms with Gasteiger partial charge in [0.15, 0.2) is 0 Å². The van der Waals surface area contributed by atoms with Gasteiger partial charge in [0, 0.05) is 34.9 Å². The summed E-state index contributed by atoms with van der Waals surface area (Å²) < 4.78 is 2.15. The van der Waals surface area contributed by atoms with Crippen molar-refractivity contribution in [2.24, 2.45) is 5.92 Å². The van der Waals surface area contributed by atoms with E-state index in [-0.39, 0.29) is 18.1 Å². The van der Waals surface area contributed by atoms with Crippen LogP contribution in [-0.4, -0.2) is 30.7 Å². The van der Waals surface area contributed by atoms with E-state index in [9.17, 15) is 5.11 Å². The zero-order valence-electron chi connectivity index (χ0n) is 19.9. The monoisotopic (exact) mass is 473 g/mol. The van der Waals surface area contributed by atoms with E-state index in [0.717, 1.165) is 58.7 Å². The molecule has 6 rings (SSSR count). The Balaban J connectivity index is 1.13. The second kappa shape index (κ2) is 9.44. The third-order valence-corrected chi connectivity index (χ3v) is 7.24. The molecule has 1 saturated carbocycles. The number of hydrogen-bond donors (Lipinski definition) is 2. The number of aliphatic hydroxyl groups is 1. The normalized spacial score (nSPS) is 19.4. The van der Waals surface area contributed by atoms with Gasteiger partial charge < -0.3 is 15.4 Å². The summed E-state index contributed by atoms with van der Waals surface area (Å²) in [6.45, 7) is 0. The van der Waals surface area contributed by atoms with Crippen molar-refractivity contribution < 1.29 is 5.11 Å². The van der Waals surface area contributed by atoms with Gasteiger partial charge in [-0.15, -0.1) is 0 Å². The number of nitrogen functional groups attached to an aromatic ring is 1. The van der Waals surface area contributed by atoms with Crippen molar-refractivity contribution in [2.75, 3.05) is 5.73 Å². The molecule has 0 amide bonds. The standard InChI is InChI=1S/C30H27N5O/c31-29-26-12-13-35(30(26)34-19-33-29)25-16-24(28(36)17-25)11-9-21-8-10-23-14-22(18-32-27(23)15-21)7-6-20-4-2-1-3-5-20/h1-5,8,10,12-15,18-19,24-25,28,36H,9,11,16-17H2,(H2,31,33,34)/t24-,25+,28-/m0/s1. The minimum atomic E-state index is -0.323. The molecule has 5 aromatic rings. The fraction of sp³-hybridized carbons (Fsp3) is 0.233. The van der Waals surface area contributed by atoms with Crippen LogP contribution in [0.2, 0.25) is 0 Å². The quantitative estimate of drug-likeness (QED) is 0.362. The minimum Gasteiger partial charge on any atom is -0.393 e. The molecule has 0 aliphatic heterocycles. The Morgan fingerprint density at radius 2 is 1.81 bits per heavy atom. The summed E-state index contributed by atoms with van der Waals surface area (Å²) in [7, 11) is 0. The first-order valence-corrected chi connectivity index (χ1v) is 12.3. The van der Waals surface area contributed by atoms with Crippen LogP contribution in [0.25, 0.3) is 21.9 Å². The maximum atomic E-state index is 10.8. The van der Waals surface area contributed by atoms with Crippen molar-refractivity contribution in [1.82, 2.24) is 19.5 Å². The molecule has 0 bridgehead atoms. The smallest absolute Gasteiger partial charge is 0.145 e. The summed E-state index contributed by atoms with van der Waals surface area (Å²) in [6, 6.07) is 20.7. The van der Waals surface area contributed by atoms with E-state index < -0.39 is 0 Å². The van der Waals surface area contributed by atoms with Crippen molar-refractivity contribution in [1.29, 1.82) is 0 Å². The van der Waals surface area contributed by atoms with E-state index in [1.807, 2.05) is 48.8 Å². The molecule has 0 unspecified atom stereocenters. The number of hydrogen-bond acceptors (Lipinski definition) is 5. The van der Waals surface area contributed by atoms with Crippen molar-refractivity contribution in [2.45, 2.75) is 37.8 Å². The van der Waals surface area contributed by atoms with Gasteiger partial charge in [0.1, 0.15) is 17.8 Å². The van der Waals surface area contributed by atoms with Crippen LogP contribution in [0.3, 0.4) is 0 Å². The van der Waals surface area contributed by atoms with Crippen LogP contribution in [0.4, 0.5) is 5.82 Å². The maximum Gasteiger partial charge on any atom is 0.145 e. The van der Waals surface area contributed by atoms with E-state index in [1.54, 1.807) is 0 Å². The molecule has 6 heteroatoms. The third-order valence-electron chi connectivity index (χ3n) is 7.24. The van der Waals surface area contributed by atoms with E-state index >= 15 is 0 Å². The molecular weight excluding hydrogens is 446 g/mol. The number of fused-ring (bicyclic) bond motifs is 2. The summed E-state index contributed by atoms with van der Waals surface area (Å²) in [4.78, 5) is 13.2. The van der Waals surface area contributed by atoms with Gasteiger partial charge in [-0.25, -0.2) is 9.97 Å². The van der Waals surface area contributed by atoms with Crippen LogP contribution in [0.1, 0.15) is 42.0 Å². The highest BCUT2D eigenvalue weighted by molar-refractivity contribution is 5.86. The number of rotatable bonds is 4. The highest BCUT2D eigenvalue weighted by atomic mass is 16.3. The maximum absolute atomic E-state index is 10.8. The molecular formula is C30H27N5O. The molecule has 6 nitrogen and oxygen atoms in total. The van der Waals surface area contributed by atoms with Crippen LogP contribution < -0.4 is 5.73 Å². The number of aromatic nitrogens is 4. The van der Waals surface area contributed by atoms with Gasteiger partial charge >= 0.3 is 0 Å². The molecule has 3 aromatic heterocycles. The zero-order chi connectivity index (χ0) is 24.5. The lowest BCUT2D eigenvalue weighted by molar-refractivity contribution is 0.127. The molecule has 1 aliphatic carbocycles. The van der Waals surface area contributed by atoms with Crippen LogP contribution in [-0.2, 0) is 6.42 Å². The number of aliphatic hydroxyl groups excluding tert-OH is 1. The fourth-order valence-corrected chi connectivity index (χ4v) is 5.31. The molecule has 178 valence electrons. The molecule has 36 heavy (non-hydrogen) atoms. The van der Waals surface area contributed by atoms with Gasteiger partial charge in [0.05, 0.1) is 17.0 Å². The molecule has 3 heterocycles. The predicted molar refractivity (Wildman–Crippen MR) is 142 cm³/mol. The summed E-state index contributed by atoms with van der Waals surface area (Å²) in [5, 5.41) is 12.8. The molecule has 1 aliphatic rings. The van der Waals surface area contributed by atoms with Gasteiger partial charge in [0.25, 0.3) is 0 Å². The average molecular weight is 474 g/mol. The van der Waals surface area contributed by atoms with Crippen LogP contribution in [0.15, 0.2) is 79.4 Å². The van der Waals surface area contributed by atoms with E-state index in [4.69, 9.17) is 5.73 Å². The second-order valence-electron chi connectivity index (χ2n) is 9.58. The number of anilines is 1. The van der Waals surface area contributed by atoms with Gasteiger partial charge in [-0.05, 0) is 67.5 Å². The Hall–Kier alpha value is -4.21. The second-order valence-corrected chi connectivity index (χ2v) is 9.58. The average Bonchev–Trinajstić information content (AvgIpc) is 3.50. The summed E-state index contributed by atoms with van der Waals surface area (Å²) >= 11 is 0. The molecule has 0 saturated heterocycles. The number of nitrogens with zero attached hydrogens (tertiary/aromatic N) is 4. The molecule has 1 fully saturated rings. The van der Waals surface area contributed by atoms with Crippen molar-refractivity contribution >= 4 is 27.8 Å². The van der Waals surface area contributed by atoms with E-state index in [2.05, 4.69) is 55.6 Å². The molecule has 0 spiro atoms. The highest BCUT2D eigenvalue weighted by Gasteiger charge is 2.34. The number of benzene rings is 2. The van der Waals surface area contributed by atoms with Crippen LogP contribution in [0, 0.1) is 17.8 Å². The largest absolute Gasteiger partial charge is 0.393 e. The van der Waals surface area contributed by atoms with Crippen LogP contribution in [0.5, 0.6) is 0 Å². The minimum absolute atomic E-state index is 0.213. The van der Waals surface area contributed by atoms with Crippen molar-refractivity contribution in [3.63, 3.8) is 0 Å². The highest BCUT2D eigenvalue weighted by Crippen LogP contribution is 2.39. The third kappa shape index (κ3) is 4.41. The Kier molecular flexibility index (Phi) is 5.84. The van der Waals surface area contributed by atoms with Crippen LogP contribution >= 0.6 is 0 Å². The Labute approximate surface area is 209 Å². The summed E-state index contributed by atoms with van der Waals surface area (Å²) in [6.07, 6.45) is 8.52. The Bertz CT molecular complexity index is 1600. The molecule has 2 aromatic carbocycles. The molecule has 0 radical (unpaired) electrons. The van der Waals surface area contributed by atoms with Gasteiger partial charge in [-0.1, -0.05) is 42.2 Å². The fourth-order valence-electron chi connectivity index (χ4n) is 5.31. The van der Waals surface area contributed by atoms with Gasteiger partial charge in [-0.2, -0.15) is 0 Å². The van der Waals surface area contributed by atoms with E-state index in [0.29, 0.717) is 5.82 Å². The van der Waals surface area contributed by atoms with E-state index in [1.165, 1.54) is 11.9 Å². The first-order chi connectivity index (χ1) is 17.6. The Morgan fingerprint density at radius 3 is 2.69 bits per heavy atom.